The maximum atomic E-state index is 5.93. The average Bonchev–Trinajstić information content (AvgIpc) is 3.10. The highest BCUT2D eigenvalue weighted by molar-refractivity contribution is 5.74. The molecule has 0 fully saturated rings. The van der Waals surface area contributed by atoms with Crippen LogP contribution in [0.25, 0.3) is 17.0 Å². The molecule has 104 valence electrons. The van der Waals surface area contributed by atoms with Gasteiger partial charge in [-0.15, -0.1) is 0 Å². The molecule has 0 radical (unpaired) electrons. The molecule has 1 unspecified atom stereocenters. The van der Waals surface area contributed by atoms with Gasteiger partial charge in [-0.2, -0.15) is 10.1 Å². The Morgan fingerprint density at radius 3 is 3.20 bits per heavy atom. The first-order valence-corrected chi connectivity index (χ1v) is 6.39. The van der Waals surface area contributed by atoms with Crippen LogP contribution in [0.5, 0.6) is 0 Å². The second-order valence-corrected chi connectivity index (χ2v) is 4.31. The first-order chi connectivity index (χ1) is 9.79. The van der Waals surface area contributed by atoms with E-state index in [0.717, 1.165) is 11.1 Å². The van der Waals surface area contributed by atoms with Crippen molar-refractivity contribution in [2.45, 2.75) is 13.0 Å². The van der Waals surface area contributed by atoms with E-state index in [9.17, 15) is 0 Å². The van der Waals surface area contributed by atoms with E-state index in [-0.39, 0.29) is 0 Å². The number of nitrogens with two attached hydrogens (primary N) is 1. The second-order valence-electron chi connectivity index (χ2n) is 4.31. The molecule has 7 nitrogen and oxygen atoms in total. The Balaban J connectivity index is 1.90. The summed E-state index contributed by atoms with van der Waals surface area (Å²) < 4.78 is 12.3. The van der Waals surface area contributed by atoms with Crippen LogP contribution in [0.4, 0.5) is 0 Å². The van der Waals surface area contributed by atoms with Crippen molar-refractivity contribution in [3.63, 3.8) is 0 Å². The number of rotatable bonds is 5. The molecule has 20 heavy (non-hydrogen) atoms. The molecule has 0 amide bonds. The molecular formula is C13H15N5O2. The number of pyridine rings is 1. The van der Waals surface area contributed by atoms with Gasteiger partial charge in [-0.05, 0) is 19.1 Å². The van der Waals surface area contributed by atoms with Gasteiger partial charge in [0, 0.05) is 12.8 Å². The summed E-state index contributed by atoms with van der Waals surface area (Å²) in [6.07, 6.45) is 3.55. The lowest BCUT2D eigenvalue weighted by molar-refractivity contribution is 0.130. The Morgan fingerprint density at radius 2 is 2.35 bits per heavy atom. The van der Waals surface area contributed by atoms with Crippen LogP contribution < -0.4 is 5.73 Å². The first-order valence-electron chi connectivity index (χ1n) is 6.39. The molecule has 3 heterocycles. The van der Waals surface area contributed by atoms with E-state index in [0.29, 0.717) is 24.9 Å². The monoisotopic (exact) mass is 273 g/mol. The molecular weight excluding hydrogens is 258 g/mol. The van der Waals surface area contributed by atoms with E-state index in [4.69, 9.17) is 15.0 Å². The quantitative estimate of drug-likeness (QED) is 0.756. The topological polar surface area (TPSA) is 91.5 Å². The van der Waals surface area contributed by atoms with Crippen molar-refractivity contribution in [3.8, 4) is 11.5 Å². The highest BCUT2D eigenvalue weighted by atomic mass is 16.5. The summed E-state index contributed by atoms with van der Waals surface area (Å²) in [6.45, 7) is 2.88. The minimum atomic E-state index is -0.394. The zero-order valence-corrected chi connectivity index (χ0v) is 11.1. The lowest BCUT2D eigenvalue weighted by Crippen LogP contribution is -2.18. The number of hydrogen-bond acceptors (Lipinski definition) is 6. The van der Waals surface area contributed by atoms with Crippen LogP contribution in [0.15, 0.2) is 35.1 Å². The highest BCUT2D eigenvalue weighted by Gasteiger charge is 2.17. The molecule has 0 aromatic carbocycles. The molecule has 0 saturated carbocycles. The van der Waals surface area contributed by atoms with E-state index in [2.05, 4.69) is 15.2 Å². The molecule has 1 atom stereocenters. The van der Waals surface area contributed by atoms with Gasteiger partial charge in [0.2, 0.25) is 0 Å². The standard InChI is InChI=1S/C13H15N5O2/c1-2-19-8-10(14)12-16-13(20-17-12)9-7-15-18-6-4-3-5-11(9)18/h3-7,10H,2,8,14H2,1H3. The Kier molecular flexibility index (Phi) is 3.44. The molecule has 0 spiro atoms. The molecule has 0 bridgehead atoms. The van der Waals surface area contributed by atoms with Crippen molar-refractivity contribution < 1.29 is 9.26 Å². The maximum absolute atomic E-state index is 5.93. The number of nitrogens with zero attached hydrogens (tertiary/aromatic N) is 4. The van der Waals surface area contributed by atoms with Crippen molar-refractivity contribution in [3.05, 3.63) is 36.4 Å². The lowest BCUT2D eigenvalue weighted by atomic mass is 10.2. The largest absolute Gasteiger partial charge is 0.380 e. The summed E-state index contributed by atoms with van der Waals surface area (Å²) in [5, 5.41) is 8.14. The van der Waals surface area contributed by atoms with Gasteiger partial charge in [0.25, 0.3) is 5.89 Å². The fourth-order valence-electron chi connectivity index (χ4n) is 1.91. The van der Waals surface area contributed by atoms with Gasteiger partial charge in [-0.3, -0.25) is 0 Å². The van der Waals surface area contributed by atoms with Crippen LogP contribution in [-0.2, 0) is 4.74 Å². The van der Waals surface area contributed by atoms with Gasteiger partial charge in [0.1, 0.15) is 0 Å². The molecule has 0 aliphatic carbocycles. The van der Waals surface area contributed by atoms with Crippen LogP contribution in [0.2, 0.25) is 0 Å². The number of aromatic nitrogens is 4. The first kappa shape index (κ1) is 12.8. The average molecular weight is 273 g/mol. The Labute approximate surface area is 115 Å². The van der Waals surface area contributed by atoms with Crippen molar-refractivity contribution >= 4 is 5.52 Å². The second kappa shape index (κ2) is 5.40. The van der Waals surface area contributed by atoms with Gasteiger partial charge in [-0.25, -0.2) is 4.52 Å². The van der Waals surface area contributed by atoms with Crippen molar-refractivity contribution in [2.24, 2.45) is 5.73 Å². The van der Waals surface area contributed by atoms with Gasteiger partial charge in [0.15, 0.2) is 5.82 Å². The van der Waals surface area contributed by atoms with Crippen molar-refractivity contribution in [1.82, 2.24) is 19.8 Å². The van der Waals surface area contributed by atoms with Gasteiger partial charge in [-0.1, -0.05) is 11.2 Å². The summed E-state index contributed by atoms with van der Waals surface area (Å²) in [5.74, 6) is 0.844. The van der Waals surface area contributed by atoms with Gasteiger partial charge < -0.3 is 15.0 Å². The normalized spacial score (nSPS) is 12.9. The lowest BCUT2D eigenvalue weighted by Gasteiger charge is -2.05. The minimum absolute atomic E-state index is 0.365. The fourth-order valence-corrected chi connectivity index (χ4v) is 1.91. The third kappa shape index (κ3) is 2.28. The van der Waals surface area contributed by atoms with Crippen molar-refractivity contribution in [2.75, 3.05) is 13.2 Å². The van der Waals surface area contributed by atoms with E-state index in [1.165, 1.54) is 0 Å². The summed E-state index contributed by atoms with van der Waals surface area (Å²) in [6, 6.07) is 5.38. The number of fused-ring (bicyclic) bond motifs is 1. The van der Waals surface area contributed by atoms with E-state index >= 15 is 0 Å². The highest BCUT2D eigenvalue weighted by Crippen LogP contribution is 2.23. The third-order valence-corrected chi connectivity index (χ3v) is 2.93. The zero-order valence-electron chi connectivity index (χ0n) is 11.1. The summed E-state index contributed by atoms with van der Waals surface area (Å²) in [7, 11) is 0. The molecule has 3 aromatic rings. The van der Waals surface area contributed by atoms with Crippen LogP contribution in [0.3, 0.4) is 0 Å². The third-order valence-electron chi connectivity index (χ3n) is 2.93. The van der Waals surface area contributed by atoms with E-state index in [1.54, 1.807) is 10.7 Å². The molecule has 0 aliphatic heterocycles. The minimum Gasteiger partial charge on any atom is -0.380 e. The van der Waals surface area contributed by atoms with Gasteiger partial charge >= 0.3 is 0 Å². The molecule has 0 saturated heterocycles. The van der Waals surface area contributed by atoms with E-state index < -0.39 is 6.04 Å². The van der Waals surface area contributed by atoms with Gasteiger partial charge in [0.05, 0.1) is 29.9 Å². The van der Waals surface area contributed by atoms with Crippen LogP contribution in [-0.4, -0.2) is 33.0 Å². The van der Waals surface area contributed by atoms with E-state index in [1.807, 2.05) is 31.3 Å². The maximum Gasteiger partial charge on any atom is 0.261 e. The number of ether oxygens (including phenoxy) is 1. The SMILES string of the molecule is CCOCC(N)c1noc(-c2cnn3ccccc23)n1. The Hall–Kier alpha value is -2.25. The fraction of sp³-hybridized carbons (Fsp3) is 0.308. The predicted octanol–water partition coefficient (Wildman–Crippen LogP) is 1.42. The summed E-state index contributed by atoms with van der Waals surface area (Å²) >= 11 is 0. The van der Waals surface area contributed by atoms with Crippen LogP contribution in [0.1, 0.15) is 18.8 Å². The number of hydrogen-bond donors (Lipinski definition) is 1. The smallest absolute Gasteiger partial charge is 0.261 e. The predicted molar refractivity (Wildman–Crippen MR) is 71.9 cm³/mol. The summed E-state index contributed by atoms with van der Waals surface area (Å²) in [5.41, 5.74) is 7.62. The molecule has 2 N–H and O–H groups in total. The Morgan fingerprint density at radius 1 is 1.45 bits per heavy atom. The molecule has 7 heteroatoms. The molecule has 3 aromatic heterocycles. The Bertz CT molecular complexity index is 705. The van der Waals surface area contributed by atoms with Crippen molar-refractivity contribution in [1.29, 1.82) is 0 Å². The van der Waals surface area contributed by atoms with Crippen LogP contribution in [0, 0.1) is 0 Å². The zero-order chi connectivity index (χ0) is 13.9. The molecule has 3 rings (SSSR count). The van der Waals surface area contributed by atoms with Crippen LogP contribution >= 0.6 is 0 Å². The molecule has 0 aliphatic rings. The summed E-state index contributed by atoms with van der Waals surface area (Å²) in [4.78, 5) is 4.32.